The number of benzene rings is 1. The molecular weight excluding hydrogens is 248 g/mol. The Balaban J connectivity index is 2.73. The molecule has 1 rings (SSSR count). The van der Waals surface area contributed by atoms with Crippen molar-refractivity contribution in [3.63, 3.8) is 0 Å². The third-order valence-corrected chi connectivity index (χ3v) is 3.75. The van der Waals surface area contributed by atoms with E-state index in [-0.39, 0.29) is 11.8 Å². The second kappa shape index (κ2) is 8.75. The number of hydrogen-bond acceptors (Lipinski definition) is 2. The van der Waals surface area contributed by atoms with Gasteiger partial charge in [0.2, 0.25) is 5.91 Å². The fourth-order valence-electron chi connectivity index (χ4n) is 2.64. The van der Waals surface area contributed by atoms with Gasteiger partial charge in [0.05, 0.1) is 0 Å². The number of nitrogens with two attached hydrogens (primary N) is 1. The van der Waals surface area contributed by atoms with Gasteiger partial charge in [0, 0.05) is 26.1 Å². The van der Waals surface area contributed by atoms with Crippen molar-refractivity contribution in [1.29, 1.82) is 0 Å². The van der Waals surface area contributed by atoms with Crippen molar-refractivity contribution >= 4 is 5.91 Å². The van der Waals surface area contributed by atoms with Gasteiger partial charge in [-0.3, -0.25) is 4.79 Å². The molecule has 0 heterocycles. The molecule has 0 fully saturated rings. The van der Waals surface area contributed by atoms with Crippen LogP contribution in [0, 0.1) is 5.92 Å². The predicted octanol–water partition coefficient (Wildman–Crippen LogP) is 3.32. The average molecular weight is 276 g/mol. The summed E-state index contributed by atoms with van der Waals surface area (Å²) in [5.41, 5.74) is 8.02. The molecule has 0 aliphatic carbocycles. The zero-order chi connectivity index (χ0) is 15.0. The van der Waals surface area contributed by atoms with E-state index in [0.29, 0.717) is 13.1 Å². The predicted molar refractivity (Wildman–Crippen MR) is 84.1 cm³/mol. The summed E-state index contributed by atoms with van der Waals surface area (Å²) in [5.74, 6) is 0.431. The third kappa shape index (κ3) is 4.64. The summed E-state index contributed by atoms with van der Waals surface area (Å²) in [4.78, 5) is 14.4. The van der Waals surface area contributed by atoms with Gasteiger partial charge in [-0.25, -0.2) is 0 Å². The highest BCUT2D eigenvalue weighted by atomic mass is 16.2. The molecule has 0 aromatic heterocycles. The number of carbonyl (C=O) groups excluding carboxylic acids is 1. The Kier molecular flexibility index (Phi) is 7.31. The number of rotatable bonds is 8. The largest absolute Gasteiger partial charge is 0.341 e. The van der Waals surface area contributed by atoms with Crippen LogP contribution in [0.15, 0.2) is 24.3 Å². The summed E-state index contributed by atoms with van der Waals surface area (Å²) in [6.07, 6.45) is 4.08. The molecule has 20 heavy (non-hydrogen) atoms. The minimum absolute atomic E-state index is 0.167. The average Bonchev–Trinajstić information content (AvgIpc) is 2.46. The molecule has 0 spiro atoms. The van der Waals surface area contributed by atoms with Crippen LogP contribution in [0.25, 0.3) is 0 Å². The molecule has 0 atom stereocenters. The molecule has 112 valence electrons. The van der Waals surface area contributed by atoms with E-state index in [0.717, 1.165) is 36.8 Å². The van der Waals surface area contributed by atoms with Crippen LogP contribution >= 0.6 is 0 Å². The van der Waals surface area contributed by atoms with E-state index in [1.807, 2.05) is 30.1 Å². The first-order valence-electron chi connectivity index (χ1n) is 7.65. The molecule has 0 bridgehead atoms. The van der Waals surface area contributed by atoms with Gasteiger partial charge in [-0.05, 0) is 24.0 Å². The fraction of sp³-hybridized carbons (Fsp3) is 0.588. The van der Waals surface area contributed by atoms with Gasteiger partial charge in [-0.2, -0.15) is 0 Å². The smallest absolute Gasteiger partial charge is 0.225 e. The Morgan fingerprint density at radius 3 is 2.20 bits per heavy atom. The maximum atomic E-state index is 12.5. The van der Waals surface area contributed by atoms with Crippen LogP contribution in [-0.4, -0.2) is 17.9 Å². The van der Waals surface area contributed by atoms with Crippen molar-refractivity contribution in [2.75, 3.05) is 7.05 Å². The Morgan fingerprint density at radius 1 is 1.15 bits per heavy atom. The molecular formula is C17H28N2O. The van der Waals surface area contributed by atoms with Crippen molar-refractivity contribution in [2.24, 2.45) is 11.7 Å². The minimum atomic E-state index is 0.167. The number of carbonyl (C=O) groups is 1. The van der Waals surface area contributed by atoms with Gasteiger partial charge in [-0.1, -0.05) is 51.0 Å². The molecule has 0 radical (unpaired) electrons. The Labute approximate surface area is 123 Å². The molecule has 1 aromatic carbocycles. The molecule has 2 N–H and O–H groups in total. The standard InChI is InChI=1S/C17H28N2O/c1-4-8-14(9-5-2)17(20)19(3)13-16-11-7-6-10-15(16)12-18/h6-7,10-11,14H,4-5,8-9,12-13,18H2,1-3H3. The molecule has 0 aliphatic rings. The molecule has 1 aromatic rings. The lowest BCUT2D eigenvalue weighted by atomic mass is 9.96. The number of hydrogen-bond donors (Lipinski definition) is 1. The zero-order valence-electron chi connectivity index (χ0n) is 13.1. The number of amides is 1. The van der Waals surface area contributed by atoms with Gasteiger partial charge in [0.1, 0.15) is 0 Å². The first-order valence-corrected chi connectivity index (χ1v) is 7.65. The number of nitrogens with zero attached hydrogens (tertiary/aromatic N) is 1. The van der Waals surface area contributed by atoms with Gasteiger partial charge < -0.3 is 10.6 Å². The first kappa shape index (κ1) is 16.7. The second-order valence-electron chi connectivity index (χ2n) is 5.44. The SMILES string of the molecule is CCCC(CCC)C(=O)N(C)Cc1ccccc1CN. The lowest BCUT2D eigenvalue weighted by Gasteiger charge is -2.24. The summed E-state index contributed by atoms with van der Waals surface area (Å²) >= 11 is 0. The molecule has 3 heteroatoms. The lowest BCUT2D eigenvalue weighted by Crippen LogP contribution is -2.33. The molecule has 3 nitrogen and oxygen atoms in total. The summed E-state index contributed by atoms with van der Waals surface area (Å²) in [7, 11) is 1.90. The monoisotopic (exact) mass is 276 g/mol. The van der Waals surface area contributed by atoms with Crippen molar-refractivity contribution in [3.8, 4) is 0 Å². The van der Waals surface area contributed by atoms with E-state index in [2.05, 4.69) is 19.9 Å². The lowest BCUT2D eigenvalue weighted by molar-refractivity contribution is -0.135. The Hall–Kier alpha value is -1.35. The van der Waals surface area contributed by atoms with Crippen LogP contribution in [0.3, 0.4) is 0 Å². The van der Waals surface area contributed by atoms with Gasteiger partial charge in [0.25, 0.3) is 0 Å². The van der Waals surface area contributed by atoms with Crippen molar-refractivity contribution in [1.82, 2.24) is 4.90 Å². The van der Waals surface area contributed by atoms with E-state index in [1.54, 1.807) is 0 Å². The minimum Gasteiger partial charge on any atom is -0.341 e. The van der Waals surface area contributed by atoms with Crippen LogP contribution in [0.4, 0.5) is 0 Å². The highest BCUT2D eigenvalue weighted by molar-refractivity contribution is 5.78. The Bertz CT molecular complexity index is 411. The summed E-state index contributed by atoms with van der Waals surface area (Å²) in [5, 5.41) is 0. The molecule has 1 amide bonds. The second-order valence-corrected chi connectivity index (χ2v) is 5.44. The fourth-order valence-corrected chi connectivity index (χ4v) is 2.64. The Morgan fingerprint density at radius 2 is 1.70 bits per heavy atom. The molecule has 0 saturated heterocycles. The van der Waals surface area contributed by atoms with Gasteiger partial charge in [0.15, 0.2) is 0 Å². The normalized spacial score (nSPS) is 10.8. The highest BCUT2D eigenvalue weighted by Crippen LogP contribution is 2.18. The summed E-state index contributed by atoms with van der Waals surface area (Å²) in [6.45, 7) is 5.45. The molecule has 0 saturated carbocycles. The summed E-state index contributed by atoms with van der Waals surface area (Å²) in [6, 6.07) is 8.08. The third-order valence-electron chi connectivity index (χ3n) is 3.75. The maximum absolute atomic E-state index is 12.5. The summed E-state index contributed by atoms with van der Waals surface area (Å²) < 4.78 is 0. The highest BCUT2D eigenvalue weighted by Gasteiger charge is 2.20. The first-order chi connectivity index (χ1) is 9.63. The van der Waals surface area contributed by atoms with Crippen molar-refractivity contribution in [3.05, 3.63) is 35.4 Å². The van der Waals surface area contributed by atoms with E-state index in [1.165, 1.54) is 0 Å². The van der Waals surface area contributed by atoms with Crippen molar-refractivity contribution in [2.45, 2.75) is 52.6 Å². The van der Waals surface area contributed by atoms with Crippen LogP contribution in [0.2, 0.25) is 0 Å². The molecule has 0 unspecified atom stereocenters. The van der Waals surface area contributed by atoms with E-state index in [4.69, 9.17) is 5.73 Å². The topological polar surface area (TPSA) is 46.3 Å². The van der Waals surface area contributed by atoms with Gasteiger partial charge in [-0.15, -0.1) is 0 Å². The molecule has 0 aliphatic heterocycles. The van der Waals surface area contributed by atoms with Crippen LogP contribution < -0.4 is 5.73 Å². The van der Waals surface area contributed by atoms with Crippen LogP contribution in [-0.2, 0) is 17.9 Å². The van der Waals surface area contributed by atoms with E-state index < -0.39 is 0 Å². The maximum Gasteiger partial charge on any atom is 0.225 e. The van der Waals surface area contributed by atoms with Crippen molar-refractivity contribution < 1.29 is 4.79 Å². The van der Waals surface area contributed by atoms with E-state index >= 15 is 0 Å². The zero-order valence-corrected chi connectivity index (χ0v) is 13.1. The quantitative estimate of drug-likeness (QED) is 0.791. The van der Waals surface area contributed by atoms with Crippen LogP contribution in [0.5, 0.6) is 0 Å². The van der Waals surface area contributed by atoms with Gasteiger partial charge >= 0.3 is 0 Å². The van der Waals surface area contributed by atoms with Crippen LogP contribution in [0.1, 0.15) is 50.7 Å². The van der Waals surface area contributed by atoms with E-state index in [9.17, 15) is 4.79 Å².